The van der Waals surface area contributed by atoms with E-state index in [0.717, 1.165) is 25.9 Å². The van der Waals surface area contributed by atoms with E-state index in [0.29, 0.717) is 11.1 Å². The van der Waals surface area contributed by atoms with Crippen molar-refractivity contribution in [3.63, 3.8) is 0 Å². The minimum Gasteiger partial charge on any atom is -0.366 e. The van der Waals surface area contributed by atoms with E-state index in [2.05, 4.69) is 0 Å². The molecule has 174 valence electrons. The number of rotatable bonds is 9. The van der Waals surface area contributed by atoms with Crippen LogP contribution < -0.4 is 34.4 Å². The molecule has 12 N–H and O–H groups in total. The lowest BCUT2D eigenvalue weighted by Gasteiger charge is -1.97. The van der Waals surface area contributed by atoms with Crippen LogP contribution >= 0.6 is 0 Å². The molecule has 0 aliphatic carbocycles. The fourth-order valence-electron chi connectivity index (χ4n) is 2.27. The van der Waals surface area contributed by atoms with E-state index in [-0.39, 0.29) is 11.1 Å². The highest BCUT2D eigenvalue weighted by Crippen LogP contribution is 2.03. The Morgan fingerprint density at radius 2 is 0.812 bits per heavy atom. The van der Waals surface area contributed by atoms with Gasteiger partial charge < -0.3 is 34.4 Å². The highest BCUT2D eigenvalue weighted by atomic mass is 16.2. The molecule has 2 rings (SSSR count). The molecule has 0 bridgehead atoms. The molecule has 10 heteroatoms. The van der Waals surface area contributed by atoms with Crippen molar-refractivity contribution in [3.8, 4) is 0 Å². The number of primary amides is 4. The minimum absolute atomic E-state index is 0.284. The molecule has 0 unspecified atom stereocenters. The topological polar surface area (TPSA) is 224 Å². The number of hydrogen-bond acceptors (Lipinski definition) is 6. The predicted octanol–water partition coefficient (Wildman–Crippen LogP) is 0.233. The second-order valence-corrected chi connectivity index (χ2v) is 6.61. The number of unbranched alkanes of at least 4 members (excludes halogenated alkanes) is 3. The number of carbonyl (C=O) groups is 4. The van der Waals surface area contributed by atoms with Gasteiger partial charge in [-0.15, -0.1) is 0 Å². The first-order chi connectivity index (χ1) is 15.1. The van der Waals surface area contributed by atoms with Crippen molar-refractivity contribution in [2.75, 3.05) is 13.1 Å². The standard InChI is InChI=1S/2C8H8N2O2.C6H16N2/c9-7(11)5-1-2-6(4-3-5)8(10)12;9-7(11)5-2-1-3-6(4-5)8(10)12;7-5-3-1-2-4-6-8/h2*1-4H,(H2,9,11)(H2,10,12);1-8H2. The summed E-state index contributed by atoms with van der Waals surface area (Å²) in [5, 5.41) is 0. The van der Waals surface area contributed by atoms with Crippen LogP contribution in [-0.4, -0.2) is 36.7 Å². The van der Waals surface area contributed by atoms with Crippen molar-refractivity contribution < 1.29 is 19.2 Å². The van der Waals surface area contributed by atoms with Gasteiger partial charge in [0.25, 0.3) is 0 Å². The van der Waals surface area contributed by atoms with E-state index in [1.54, 1.807) is 6.07 Å². The molecule has 10 nitrogen and oxygen atoms in total. The molecular weight excluding hydrogens is 412 g/mol. The number of carbonyl (C=O) groups excluding carboxylic acids is 4. The lowest BCUT2D eigenvalue weighted by molar-refractivity contribution is 0.0988. The Kier molecular flexibility index (Phi) is 14.1. The Bertz CT molecular complexity index is 816. The Morgan fingerprint density at radius 1 is 0.500 bits per heavy atom. The summed E-state index contributed by atoms with van der Waals surface area (Å²) >= 11 is 0. The number of benzene rings is 2. The molecule has 0 fully saturated rings. The van der Waals surface area contributed by atoms with Gasteiger partial charge in [-0.05, 0) is 68.4 Å². The van der Waals surface area contributed by atoms with Crippen LogP contribution in [0.5, 0.6) is 0 Å². The highest BCUT2D eigenvalue weighted by molar-refractivity contribution is 5.98. The third kappa shape index (κ3) is 12.1. The van der Waals surface area contributed by atoms with Gasteiger partial charge in [0.15, 0.2) is 0 Å². The SMILES string of the molecule is NC(=O)c1ccc(C(N)=O)cc1.NC(=O)c1cccc(C(N)=O)c1.NCCCCCCN. The van der Waals surface area contributed by atoms with Crippen LogP contribution in [0.25, 0.3) is 0 Å². The molecular formula is C22H32N6O4. The first-order valence-electron chi connectivity index (χ1n) is 9.93. The van der Waals surface area contributed by atoms with E-state index < -0.39 is 23.6 Å². The van der Waals surface area contributed by atoms with Crippen molar-refractivity contribution in [2.24, 2.45) is 34.4 Å². The van der Waals surface area contributed by atoms with E-state index >= 15 is 0 Å². The fraction of sp³-hybridized carbons (Fsp3) is 0.273. The zero-order valence-corrected chi connectivity index (χ0v) is 18.0. The van der Waals surface area contributed by atoms with Crippen LogP contribution in [-0.2, 0) is 0 Å². The van der Waals surface area contributed by atoms with Gasteiger partial charge in [0.1, 0.15) is 0 Å². The zero-order chi connectivity index (χ0) is 24.5. The summed E-state index contributed by atoms with van der Waals surface area (Å²) in [6, 6.07) is 11.8. The van der Waals surface area contributed by atoms with E-state index in [9.17, 15) is 19.2 Å². The van der Waals surface area contributed by atoms with Crippen LogP contribution in [0.15, 0.2) is 48.5 Å². The van der Waals surface area contributed by atoms with E-state index in [4.69, 9.17) is 34.4 Å². The summed E-state index contributed by atoms with van der Waals surface area (Å²) < 4.78 is 0. The van der Waals surface area contributed by atoms with Crippen molar-refractivity contribution in [3.05, 3.63) is 70.8 Å². The molecule has 0 radical (unpaired) electrons. The lowest BCUT2D eigenvalue weighted by atomic mass is 10.1. The average Bonchev–Trinajstić information content (AvgIpc) is 2.77. The smallest absolute Gasteiger partial charge is 0.248 e. The summed E-state index contributed by atoms with van der Waals surface area (Å²) in [7, 11) is 0. The molecule has 0 aliphatic rings. The van der Waals surface area contributed by atoms with Crippen molar-refractivity contribution in [1.82, 2.24) is 0 Å². The van der Waals surface area contributed by atoms with Gasteiger partial charge >= 0.3 is 0 Å². The molecule has 32 heavy (non-hydrogen) atoms. The maximum atomic E-state index is 10.6. The molecule has 0 saturated heterocycles. The second kappa shape index (κ2) is 16.0. The molecule has 0 atom stereocenters. The van der Waals surface area contributed by atoms with Gasteiger partial charge in [0.2, 0.25) is 23.6 Å². The van der Waals surface area contributed by atoms with Crippen LogP contribution in [0, 0.1) is 0 Å². The fourth-order valence-corrected chi connectivity index (χ4v) is 2.27. The van der Waals surface area contributed by atoms with Gasteiger partial charge in [-0.25, -0.2) is 0 Å². The molecule has 0 aromatic heterocycles. The number of hydrogen-bond donors (Lipinski definition) is 6. The quantitative estimate of drug-likeness (QED) is 0.296. The summed E-state index contributed by atoms with van der Waals surface area (Å²) in [6.07, 6.45) is 4.79. The maximum Gasteiger partial charge on any atom is 0.248 e. The Balaban J connectivity index is 0.000000462. The molecule has 2 aromatic rings. The van der Waals surface area contributed by atoms with Crippen LogP contribution in [0.2, 0.25) is 0 Å². The first kappa shape index (κ1) is 28.2. The molecule has 0 saturated carbocycles. The van der Waals surface area contributed by atoms with E-state index in [1.807, 2.05) is 0 Å². The lowest BCUT2D eigenvalue weighted by Crippen LogP contribution is -2.14. The predicted molar refractivity (Wildman–Crippen MR) is 124 cm³/mol. The molecule has 4 amide bonds. The first-order valence-corrected chi connectivity index (χ1v) is 9.93. The summed E-state index contributed by atoms with van der Waals surface area (Å²) in [6.45, 7) is 1.65. The van der Waals surface area contributed by atoms with E-state index in [1.165, 1.54) is 55.3 Å². The van der Waals surface area contributed by atoms with Crippen LogP contribution in [0.3, 0.4) is 0 Å². The largest absolute Gasteiger partial charge is 0.366 e. The second-order valence-electron chi connectivity index (χ2n) is 6.61. The van der Waals surface area contributed by atoms with Gasteiger partial charge in [-0.3, -0.25) is 19.2 Å². The van der Waals surface area contributed by atoms with Crippen molar-refractivity contribution in [1.29, 1.82) is 0 Å². The highest BCUT2D eigenvalue weighted by Gasteiger charge is 2.04. The van der Waals surface area contributed by atoms with Crippen molar-refractivity contribution in [2.45, 2.75) is 25.7 Å². The summed E-state index contributed by atoms with van der Waals surface area (Å²) in [5.41, 5.74) is 31.8. The third-order valence-electron chi connectivity index (χ3n) is 4.04. The Hall–Kier alpha value is -3.76. The zero-order valence-electron chi connectivity index (χ0n) is 18.0. The summed E-state index contributed by atoms with van der Waals surface area (Å²) in [4.78, 5) is 42.5. The third-order valence-corrected chi connectivity index (χ3v) is 4.04. The number of nitrogens with two attached hydrogens (primary N) is 6. The van der Waals surface area contributed by atoms with Crippen LogP contribution in [0.4, 0.5) is 0 Å². The van der Waals surface area contributed by atoms with Gasteiger partial charge in [-0.1, -0.05) is 18.9 Å². The Labute approximate surface area is 187 Å². The maximum absolute atomic E-state index is 10.6. The van der Waals surface area contributed by atoms with Gasteiger partial charge in [-0.2, -0.15) is 0 Å². The molecule has 2 aromatic carbocycles. The summed E-state index contributed by atoms with van der Waals surface area (Å²) in [5.74, 6) is -2.19. The molecule has 0 aliphatic heterocycles. The molecule has 0 heterocycles. The normalized spacial score (nSPS) is 9.44. The average molecular weight is 445 g/mol. The monoisotopic (exact) mass is 444 g/mol. The van der Waals surface area contributed by atoms with Gasteiger partial charge in [0.05, 0.1) is 0 Å². The van der Waals surface area contributed by atoms with Crippen molar-refractivity contribution >= 4 is 23.6 Å². The number of amides is 4. The minimum atomic E-state index is -0.571. The Morgan fingerprint density at radius 3 is 1.06 bits per heavy atom. The van der Waals surface area contributed by atoms with Gasteiger partial charge in [0, 0.05) is 22.3 Å². The molecule has 0 spiro atoms. The van der Waals surface area contributed by atoms with Crippen LogP contribution in [0.1, 0.15) is 67.1 Å².